The first-order valence-corrected chi connectivity index (χ1v) is 15.2. The van der Waals surface area contributed by atoms with Crippen LogP contribution in [0.2, 0.25) is 0 Å². The van der Waals surface area contributed by atoms with Crippen LogP contribution >= 0.6 is 0 Å². The van der Waals surface area contributed by atoms with Crippen LogP contribution in [0.1, 0.15) is 59.7 Å². The van der Waals surface area contributed by atoms with Gasteiger partial charge in [0.25, 0.3) is 0 Å². The zero-order chi connectivity index (χ0) is 30.5. The molecule has 1 heterocycles. The van der Waals surface area contributed by atoms with Gasteiger partial charge >= 0.3 is 5.97 Å². The third kappa shape index (κ3) is 5.44. The van der Waals surface area contributed by atoms with Crippen molar-refractivity contribution in [1.82, 2.24) is 14.9 Å². The average molecular weight is 584 g/mol. The summed E-state index contributed by atoms with van der Waals surface area (Å²) >= 11 is 0. The minimum atomic E-state index is -0.845. The fraction of sp³-hybridized carbons (Fsp3) is 0.237. The van der Waals surface area contributed by atoms with Crippen molar-refractivity contribution in [3.05, 3.63) is 162 Å². The predicted octanol–water partition coefficient (Wildman–Crippen LogP) is 6.88. The molecule has 0 aliphatic heterocycles. The van der Waals surface area contributed by atoms with Crippen LogP contribution < -0.4 is 5.32 Å². The molecule has 4 atom stereocenters. The highest BCUT2D eigenvalue weighted by Gasteiger charge is 2.48. The SMILES string of the molecule is CC[C@@H](C(=O)N[C@H](C(=O)OC)c1ccccc1)[C@H]1C[C@@H]1c1cn(C(c2ccccc2)(c2ccccc2)c2ccccc2)cn1. The molecule has 5 aromatic rings. The molecule has 1 fully saturated rings. The Bertz CT molecular complexity index is 1590. The highest BCUT2D eigenvalue weighted by atomic mass is 16.5. The highest BCUT2D eigenvalue weighted by molar-refractivity contribution is 5.87. The van der Waals surface area contributed by atoms with Crippen LogP contribution in [0.15, 0.2) is 134 Å². The van der Waals surface area contributed by atoms with E-state index in [0.29, 0.717) is 12.0 Å². The van der Waals surface area contributed by atoms with Gasteiger partial charge in [-0.2, -0.15) is 0 Å². The molecule has 1 amide bonds. The maximum atomic E-state index is 13.6. The summed E-state index contributed by atoms with van der Waals surface area (Å²) in [6.45, 7) is 2.03. The van der Waals surface area contributed by atoms with Crippen LogP contribution in [0, 0.1) is 11.8 Å². The van der Waals surface area contributed by atoms with E-state index in [0.717, 1.165) is 28.8 Å². The summed E-state index contributed by atoms with van der Waals surface area (Å²) in [5.41, 5.74) is 4.44. The lowest BCUT2D eigenvalue weighted by atomic mass is 9.77. The van der Waals surface area contributed by atoms with E-state index in [1.54, 1.807) is 0 Å². The second kappa shape index (κ2) is 12.7. The van der Waals surface area contributed by atoms with E-state index in [4.69, 9.17) is 9.72 Å². The van der Waals surface area contributed by atoms with E-state index in [-0.39, 0.29) is 23.7 Å². The van der Waals surface area contributed by atoms with E-state index >= 15 is 0 Å². The lowest BCUT2D eigenvalue weighted by Crippen LogP contribution is -2.39. The lowest BCUT2D eigenvalue weighted by Gasteiger charge is -2.37. The average Bonchev–Trinajstić information content (AvgIpc) is 3.71. The van der Waals surface area contributed by atoms with E-state index < -0.39 is 17.6 Å². The monoisotopic (exact) mass is 583 g/mol. The van der Waals surface area contributed by atoms with E-state index in [2.05, 4.69) is 88.9 Å². The van der Waals surface area contributed by atoms with Crippen molar-refractivity contribution in [1.29, 1.82) is 0 Å². The number of methoxy groups -OCH3 is 1. The molecule has 0 unspecified atom stereocenters. The highest BCUT2D eigenvalue weighted by Crippen LogP contribution is 2.53. The van der Waals surface area contributed by atoms with Gasteiger partial charge in [0, 0.05) is 18.0 Å². The van der Waals surface area contributed by atoms with Crippen molar-refractivity contribution in [2.75, 3.05) is 7.11 Å². The number of nitrogens with one attached hydrogen (secondary N) is 1. The predicted molar refractivity (Wildman–Crippen MR) is 171 cm³/mol. The number of imidazole rings is 1. The fourth-order valence-corrected chi connectivity index (χ4v) is 6.67. The number of benzene rings is 4. The quantitative estimate of drug-likeness (QED) is 0.136. The van der Waals surface area contributed by atoms with Gasteiger partial charge in [0.05, 0.1) is 19.1 Å². The van der Waals surface area contributed by atoms with Gasteiger partial charge in [-0.25, -0.2) is 9.78 Å². The molecule has 0 spiro atoms. The molecule has 1 aliphatic carbocycles. The molecule has 6 heteroatoms. The summed E-state index contributed by atoms with van der Waals surface area (Å²) in [7, 11) is 1.34. The molecule has 1 N–H and O–H groups in total. The summed E-state index contributed by atoms with van der Waals surface area (Å²) < 4.78 is 7.25. The first-order valence-electron chi connectivity index (χ1n) is 15.2. The number of amides is 1. The normalized spacial score (nSPS) is 17.3. The lowest BCUT2D eigenvalue weighted by molar-refractivity contribution is -0.146. The van der Waals surface area contributed by atoms with Gasteiger partial charge in [0.15, 0.2) is 6.04 Å². The first kappa shape index (κ1) is 29.1. The molecular formula is C38H37N3O3. The second-order valence-corrected chi connectivity index (χ2v) is 11.4. The van der Waals surface area contributed by atoms with E-state index in [1.807, 2.05) is 61.8 Å². The number of rotatable bonds is 11. The maximum absolute atomic E-state index is 13.6. The number of nitrogens with zero attached hydrogens (tertiary/aromatic N) is 2. The van der Waals surface area contributed by atoms with Gasteiger partial charge in [0.1, 0.15) is 5.54 Å². The minimum absolute atomic E-state index is 0.133. The second-order valence-electron chi connectivity index (χ2n) is 11.4. The first-order chi connectivity index (χ1) is 21.6. The zero-order valence-electron chi connectivity index (χ0n) is 25.0. The maximum Gasteiger partial charge on any atom is 0.333 e. The van der Waals surface area contributed by atoms with Crippen molar-refractivity contribution in [2.24, 2.45) is 11.8 Å². The largest absolute Gasteiger partial charge is 0.467 e. The Morgan fingerprint density at radius 2 is 1.34 bits per heavy atom. The number of carbonyl (C=O) groups is 2. The van der Waals surface area contributed by atoms with Crippen molar-refractivity contribution in [3.63, 3.8) is 0 Å². The Kier molecular flexibility index (Phi) is 8.42. The smallest absolute Gasteiger partial charge is 0.333 e. The third-order valence-electron chi connectivity index (χ3n) is 8.93. The van der Waals surface area contributed by atoms with Crippen LogP contribution in [0.25, 0.3) is 0 Å². The molecular weight excluding hydrogens is 546 g/mol. The molecule has 44 heavy (non-hydrogen) atoms. The van der Waals surface area contributed by atoms with E-state index in [1.165, 1.54) is 7.11 Å². The van der Waals surface area contributed by atoms with Crippen LogP contribution in [0.4, 0.5) is 0 Å². The van der Waals surface area contributed by atoms with Gasteiger partial charge in [-0.15, -0.1) is 0 Å². The molecule has 1 aromatic heterocycles. The van der Waals surface area contributed by atoms with Crippen LogP contribution in [0.5, 0.6) is 0 Å². The molecule has 6 nitrogen and oxygen atoms in total. The van der Waals surface area contributed by atoms with Gasteiger partial charge in [-0.3, -0.25) is 4.79 Å². The van der Waals surface area contributed by atoms with Gasteiger partial charge < -0.3 is 14.6 Å². The fourth-order valence-electron chi connectivity index (χ4n) is 6.67. The molecule has 0 saturated heterocycles. The van der Waals surface area contributed by atoms with Crippen molar-refractivity contribution < 1.29 is 14.3 Å². The molecule has 4 aromatic carbocycles. The zero-order valence-corrected chi connectivity index (χ0v) is 25.0. The Morgan fingerprint density at radius 3 is 1.82 bits per heavy atom. The number of hydrogen-bond donors (Lipinski definition) is 1. The minimum Gasteiger partial charge on any atom is -0.467 e. The Labute approximate surface area is 258 Å². The summed E-state index contributed by atoms with van der Waals surface area (Å²) in [5.74, 6) is -0.573. The Morgan fingerprint density at radius 1 is 0.841 bits per heavy atom. The third-order valence-corrected chi connectivity index (χ3v) is 8.93. The Balaban J connectivity index is 1.32. The van der Waals surface area contributed by atoms with Crippen LogP contribution in [-0.4, -0.2) is 28.5 Å². The van der Waals surface area contributed by atoms with Gasteiger partial charge in [0.2, 0.25) is 5.91 Å². The number of aromatic nitrogens is 2. The number of esters is 1. The molecule has 0 bridgehead atoms. The molecule has 222 valence electrons. The number of hydrogen-bond acceptors (Lipinski definition) is 4. The van der Waals surface area contributed by atoms with Crippen molar-refractivity contribution >= 4 is 11.9 Å². The number of ether oxygens (including phenoxy) is 1. The summed E-state index contributed by atoms with van der Waals surface area (Å²) in [4.78, 5) is 31.2. The molecule has 0 radical (unpaired) electrons. The molecule has 1 saturated carbocycles. The number of carbonyl (C=O) groups excluding carboxylic acids is 2. The molecule has 1 aliphatic rings. The van der Waals surface area contributed by atoms with Gasteiger partial charge in [-0.05, 0) is 41.0 Å². The summed E-state index contributed by atoms with van der Waals surface area (Å²) in [6.07, 6.45) is 5.62. The molecule has 6 rings (SSSR count). The van der Waals surface area contributed by atoms with Crippen LogP contribution in [0.3, 0.4) is 0 Å². The standard InChI is InChI=1S/C38H37N3O3/c1-3-31(36(42)40-35(37(43)44-2)27-16-8-4-9-17-27)32-24-33(32)34-25-41(26-39-34)38(28-18-10-5-11-19-28,29-20-12-6-13-21-29)30-22-14-7-15-23-30/h4-23,25-26,31-33,35H,3,24H2,1-2H3,(H,40,42)/t31-,32-,33+,35+/m1/s1. The van der Waals surface area contributed by atoms with Crippen LogP contribution in [-0.2, 0) is 19.9 Å². The van der Waals surface area contributed by atoms with Gasteiger partial charge in [-0.1, -0.05) is 128 Å². The van der Waals surface area contributed by atoms with Crippen molar-refractivity contribution in [3.8, 4) is 0 Å². The summed E-state index contributed by atoms with van der Waals surface area (Å²) in [6, 6.07) is 40.0. The van der Waals surface area contributed by atoms with Crippen molar-refractivity contribution in [2.45, 2.75) is 37.3 Å². The van der Waals surface area contributed by atoms with E-state index in [9.17, 15) is 9.59 Å². The summed E-state index contributed by atoms with van der Waals surface area (Å²) in [5, 5.41) is 2.98. The Hall–Kier alpha value is -4.97. The topological polar surface area (TPSA) is 73.2 Å².